The highest BCUT2D eigenvalue weighted by Gasteiger charge is 2.51. The van der Waals surface area contributed by atoms with E-state index >= 15 is 0 Å². The molecule has 1 fully saturated rings. The highest BCUT2D eigenvalue weighted by molar-refractivity contribution is 7.92. The smallest absolute Gasteiger partial charge is 0.154 e. The second-order valence-corrected chi connectivity index (χ2v) is 8.06. The van der Waals surface area contributed by atoms with Gasteiger partial charge in [-0.25, -0.2) is 8.42 Å². The van der Waals surface area contributed by atoms with Crippen LogP contribution in [-0.4, -0.2) is 32.5 Å². The van der Waals surface area contributed by atoms with Gasteiger partial charge in [0, 0.05) is 12.8 Å². The molecule has 0 unspecified atom stereocenters. The van der Waals surface area contributed by atoms with Crippen molar-refractivity contribution in [3.05, 3.63) is 35.9 Å². The van der Waals surface area contributed by atoms with Crippen LogP contribution in [0.2, 0.25) is 0 Å². The molecule has 1 aliphatic carbocycles. The standard InChI is InChI=1S/C15H23NO2S/c1-3-9-16-12-15(19(2,17)18)10-14(11-15)13-7-5-4-6-8-13/h4-8,14,16H,3,9-12H2,1-2H3. The second kappa shape index (κ2) is 5.63. The third-order valence-corrected chi connectivity index (χ3v) is 6.22. The minimum absolute atomic E-state index is 0.388. The molecule has 106 valence electrons. The van der Waals surface area contributed by atoms with Crippen LogP contribution < -0.4 is 5.32 Å². The van der Waals surface area contributed by atoms with Gasteiger partial charge in [0.15, 0.2) is 9.84 Å². The highest BCUT2D eigenvalue weighted by Crippen LogP contribution is 2.48. The van der Waals surface area contributed by atoms with Crippen molar-refractivity contribution < 1.29 is 8.42 Å². The maximum Gasteiger partial charge on any atom is 0.154 e. The van der Waals surface area contributed by atoms with Gasteiger partial charge >= 0.3 is 0 Å². The van der Waals surface area contributed by atoms with E-state index in [2.05, 4.69) is 24.4 Å². The number of hydrogen-bond donors (Lipinski definition) is 1. The van der Waals surface area contributed by atoms with Crippen LogP contribution in [0.4, 0.5) is 0 Å². The monoisotopic (exact) mass is 281 g/mol. The van der Waals surface area contributed by atoms with E-state index in [4.69, 9.17) is 0 Å². The van der Waals surface area contributed by atoms with Gasteiger partial charge in [-0.3, -0.25) is 0 Å². The van der Waals surface area contributed by atoms with E-state index in [9.17, 15) is 8.42 Å². The minimum atomic E-state index is -3.01. The lowest BCUT2D eigenvalue weighted by Gasteiger charge is -2.46. The Labute approximate surface area is 116 Å². The summed E-state index contributed by atoms with van der Waals surface area (Å²) >= 11 is 0. The van der Waals surface area contributed by atoms with Crippen LogP contribution in [-0.2, 0) is 9.84 Å². The van der Waals surface area contributed by atoms with Crippen molar-refractivity contribution in [2.75, 3.05) is 19.3 Å². The van der Waals surface area contributed by atoms with Gasteiger partial charge in [-0.2, -0.15) is 0 Å². The van der Waals surface area contributed by atoms with Crippen molar-refractivity contribution in [2.45, 2.75) is 36.9 Å². The van der Waals surface area contributed by atoms with Crippen molar-refractivity contribution in [1.29, 1.82) is 0 Å². The van der Waals surface area contributed by atoms with Gasteiger partial charge < -0.3 is 5.32 Å². The van der Waals surface area contributed by atoms with Crippen molar-refractivity contribution >= 4 is 9.84 Å². The maximum absolute atomic E-state index is 12.1. The predicted molar refractivity (Wildman–Crippen MR) is 79.2 cm³/mol. The molecule has 19 heavy (non-hydrogen) atoms. The summed E-state index contributed by atoms with van der Waals surface area (Å²) in [5.41, 5.74) is 1.26. The molecule has 1 N–H and O–H groups in total. The lowest BCUT2D eigenvalue weighted by atomic mass is 9.70. The molecule has 0 amide bonds. The summed E-state index contributed by atoms with van der Waals surface area (Å²) in [6, 6.07) is 10.2. The van der Waals surface area contributed by atoms with Crippen molar-refractivity contribution in [3.8, 4) is 0 Å². The molecule has 0 spiro atoms. The molecule has 0 aromatic heterocycles. The largest absolute Gasteiger partial charge is 0.315 e. The Bertz CT molecular complexity index is 504. The van der Waals surface area contributed by atoms with E-state index in [-0.39, 0.29) is 0 Å². The molecule has 1 aliphatic rings. The summed E-state index contributed by atoms with van der Waals surface area (Å²) in [5, 5.41) is 3.28. The zero-order valence-electron chi connectivity index (χ0n) is 11.7. The quantitative estimate of drug-likeness (QED) is 0.814. The Morgan fingerprint density at radius 1 is 1.26 bits per heavy atom. The fourth-order valence-corrected chi connectivity index (χ4v) is 4.24. The minimum Gasteiger partial charge on any atom is -0.315 e. The zero-order chi connectivity index (χ0) is 13.9. The molecule has 1 aromatic carbocycles. The average Bonchev–Trinajstić information content (AvgIpc) is 2.31. The van der Waals surface area contributed by atoms with Crippen molar-refractivity contribution in [3.63, 3.8) is 0 Å². The van der Waals surface area contributed by atoms with E-state index in [0.717, 1.165) is 25.8 Å². The van der Waals surface area contributed by atoms with E-state index in [1.165, 1.54) is 11.8 Å². The van der Waals surface area contributed by atoms with Crippen LogP contribution in [0.3, 0.4) is 0 Å². The SMILES string of the molecule is CCCNCC1(S(C)(=O)=O)CC(c2ccccc2)C1. The first-order valence-electron chi connectivity index (χ1n) is 6.94. The number of nitrogens with one attached hydrogen (secondary N) is 1. The maximum atomic E-state index is 12.1. The predicted octanol–water partition coefficient (Wildman–Crippen LogP) is 2.35. The molecule has 2 rings (SSSR count). The molecule has 0 saturated heterocycles. The van der Waals surface area contributed by atoms with Gasteiger partial charge in [-0.1, -0.05) is 37.3 Å². The molecule has 0 radical (unpaired) electrons. The summed E-state index contributed by atoms with van der Waals surface area (Å²) in [6.07, 6.45) is 3.89. The van der Waals surface area contributed by atoms with Gasteiger partial charge in [0.25, 0.3) is 0 Å². The van der Waals surface area contributed by atoms with E-state index in [0.29, 0.717) is 12.5 Å². The summed E-state index contributed by atoms with van der Waals surface area (Å²) in [6.45, 7) is 3.56. The fourth-order valence-electron chi connectivity index (χ4n) is 2.87. The number of sulfone groups is 1. The molecule has 4 heteroatoms. The number of benzene rings is 1. The van der Waals surface area contributed by atoms with Crippen molar-refractivity contribution in [2.24, 2.45) is 0 Å². The molecule has 1 saturated carbocycles. The molecule has 1 aromatic rings. The lowest BCUT2D eigenvalue weighted by Crippen LogP contribution is -2.55. The van der Waals surface area contributed by atoms with Crippen molar-refractivity contribution in [1.82, 2.24) is 5.32 Å². The van der Waals surface area contributed by atoms with Crippen LogP contribution >= 0.6 is 0 Å². The first-order valence-corrected chi connectivity index (χ1v) is 8.83. The van der Waals surface area contributed by atoms with Gasteiger partial charge in [0.05, 0.1) is 4.75 Å². The van der Waals surface area contributed by atoms with Gasteiger partial charge in [0.2, 0.25) is 0 Å². The molecule has 0 bridgehead atoms. The van der Waals surface area contributed by atoms with Gasteiger partial charge in [0.1, 0.15) is 0 Å². The van der Waals surface area contributed by atoms with Crippen LogP contribution in [0.25, 0.3) is 0 Å². The Hall–Kier alpha value is -0.870. The van der Waals surface area contributed by atoms with E-state index < -0.39 is 14.6 Å². The summed E-state index contributed by atoms with van der Waals surface area (Å²) in [5.74, 6) is 0.388. The molecule has 0 atom stereocenters. The van der Waals surface area contributed by atoms with Crippen LogP contribution in [0, 0.1) is 0 Å². The molecular formula is C15H23NO2S. The van der Waals surface area contributed by atoms with Gasteiger partial charge in [-0.15, -0.1) is 0 Å². The zero-order valence-corrected chi connectivity index (χ0v) is 12.5. The van der Waals surface area contributed by atoms with Gasteiger partial charge in [-0.05, 0) is 37.3 Å². The normalized spacial score (nSPS) is 26.9. The molecular weight excluding hydrogens is 258 g/mol. The summed E-state index contributed by atoms with van der Waals surface area (Å²) < 4.78 is 23.6. The highest BCUT2D eigenvalue weighted by atomic mass is 32.2. The lowest BCUT2D eigenvalue weighted by molar-refractivity contribution is 0.278. The number of hydrogen-bond acceptors (Lipinski definition) is 3. The van der Waals surface area contributed by atoms with E-state index in [1.807, 2.05) is 18.2 Å². The first kappa shape index (κ1) is 14.5. The Balaban J connectivity index is 2.05. The van der Waals surface area contributed by atoms with Crippen LogP contribution in [0.1, 0.15) is 37.7 Å². The molecule has 0 heterocycles. The van der Waals surface area contributed by atoms with E-state index in [1.54, 1.807) is 0 Å². The Morgan fingerprint density at radius 2 is 1.89 bits per heavy atom. The Kier molecular flexibility index (Phi) is 4.31. The summed E-state index contributed by atoms with van der Waals surface area (Å²) in [4.78, 5) is 0. The summed E-state index contributed by atoms with van der Waals surface area (Å²) in [7, 11) is -3.01. The van der Waals surface area contributed by atoms with Crippen LogP contribution in [0.15, 0.2) is 30.3 Å². The fraction of sp³-hybridized carbons (Fsp3) is 0.600. The molecule has 3 nitrogen and oxygen atoms in total. The third-order valence-electron chi connectivity index (χ3n) is 4.17. The number of rotatable bonds is 6. The third kappa shape index (κ3) is 3.00. The average molecular weight is 281 g/mol. The van der Waals surface area contributed by atoms with Crippen LogP contribution in [0.5, 0.6) is 0 Å². The Morgan fingerprint density at radius 3 is 2.42 bits per heavy atom. The second-order valence-electron chi connectivity index (χ2n) is 5.65. The topological polar surface area (TPSA) is 46.2 Å². The molecule has 0 aliphatic heterocycles. The first-order chi connectivity index (χ1) is 8.98.